The summed E-state index contributed by atoms with van der Waals surface area (Å²) in [6.07, 6.45) is 2.43. The molecule has 0 aliphatic rings. The third-order valence-electron chi connectivity index (χ3n) is 1.73. The van der Waals surface area contributed by atoms with Crippen LogP contribution in [0.15, 0.2) is 17.8 Å². The van der Waals surface area contributed by atoms with Gasteiger partial charge in [0.05, 0.1) is 5.69 Å². The van der Waals surface area contributed by atoms with Crippen molar-refractivity contribution in [3.63, 3.8) is 0 Å². The quantitative estimate of drug-likeness (QED) is 0.753. The zero-order chi connectivity index (χ0) is 8.39. The lowest BCUT2D eigenvalue weighted by molar-refractivity contribution is 0.927. The zero-order valence-corrected chi connectivity index (χ0v) is 7.34. The van der Waals surface area contributed by atoms with Gasteiger partial charge in [0.1, 0.15) is 11.2 Å². The minimum absolute atomic E-state index is 0.641. The van der Waals surface area contributed by atoms with Gasteiger partial charge in [-0.2, -0.15) is 0 Å². The average molecular weight is 179 g/mol. The van der Waals surface area contributed by atoms with Crippen LogP contribution < -0.4 is 5.73 Å². The number of rotatable bonds is 2. The van der Waals surface area contributed by atoms with E-state index < -0.39 is 0 Å². The van der Waals surface area contributed by atoms with Crippen molar-refractivity contribution < 1.29 is 0 Å². The van der Waals surface area contributed by atoms with Crippen LogP contribution in [0.25, 0.3) is 10.2 Å². The smallest absolute Gasteiger partial charge is 0.126 e. The van der Waals surface area contributed by atoms with E-state index in [1.54, 1.807) is 17.7 Å². The van der Waals surface area contributed by atoms with Crippen LogP contribution in [0.3, 0.4) is 0 Å². The van der Waals surface area contributed by atoms with Gasteiger partial charge in [0.2, 0.25) is 0 Å². The molecule has 0 atom stereocenters. The Morgan fingerprint density at radius 3 is 3.17 bits per heavy atom. The Balaban J connectivity index is 2.57. The Bertz CT molecular complexity index is 382. The standard InChI is InChI=1S/C8H9N3S/c9-3-1-7-6-2-4-12-8(6)11-5-10-7/h2,4-5H,1,3,9H2. The molecule has 0 aliphatic carbocycles. The van der Waals surface area contributed by atoms with Gasteiger partial charge in [-0.15, -0.1) is 11.3 Å². The molecular formula is C8H9N3S. The topological polar surface area (TPSA) is 51.8 Å². The van der Waals surface area contributed by atoms with E-state index in [0.717, 1.165) is 22.3 Å². The maximum atomic E-state index is 5.46. The van der Waals surface area contributed by atoms with Crippen LogP contribution in [0.5, 0.6) is 0 Å². The first-order valence-corrected chi connectivity index (χ1v) is 4.67. The van der Waals surface area contributed by atoms with Gasteiger partial charge in [0.25, 0.3) is 0 Å². The molecule has 0 saturated heterocycles. The minimum atomic E-state index is 0.641. The van der Waals surface area contributed by atoms with Gasteiger partial charge in [0, 0.05) is 11.8 Å². The van der Waals surface area contributed by atoms with Crippen LogP contribution in [0.4, 0.5) is 0 Å². The summed E-state index contributed by atoms with van der Waals surface area (Å²) in [6.45, 7) is 0.641. The molecule has 4 heteroatoms. The normalized spacial score (nSPS) is 10.8. The lowest BCUT2D eigenvalue weighted by atomic mass is 10.2. The molecule has 0 unspecified atom stereocenters. The molecule has 0 bridgehead atoms. The third-order valence-corrected chi connectivity index (χ3v) is 2.55. The van der Waals surface area contributed by atoms with E-state index in [-0.39, 0.29) is 0 Å². The van der Waals surface area contributed by atoms with E-state index in [4.69, 9.17) is 5.73 Å². The lowest BCUT2D eigenvalue weighted by Crippen LogP contribution is -2.04. The Morgan fingerprint density at radius 2 is 2.33 bits per heavy atom. The van der Waals surface area contributed by atoms with Gasteiger partial charge in [-0.1, -0.05) is 0 Å². The summed E-state index contributed by atoms with van der Waals surface area (Å²) in [6, 6.07) is 2.05. The predicted octanol–water partition coefficient (Wildman–Crippen LogP) is 1.19. The molecule has 2 heterocycles. The molecule has 0 aromatic carbocycles. The highest BCUT2D eigenvalue weighted by Gasteiger charge is 2.02. The fraction of sp³-hybridized carbons (Fsp3) is 0.250. The van der Waals surface area contributed by atoms with Crippen molar-refractivity contribution >= 4 is 21.6 Å². The molecule has 0 amide bonds. The van der Waals surface area contributed by atoms with E-state index in [0.29, 0.717) is 6.54 Å². The SMILES string of the molecule is NCCc1ncnc2sccc12. The fourth-order valence-electron chi connectivity index (χ4n) is 1.18. The summed E-state index contributed by atoms with van der Waals surface area (Å²) in [4.78, 5) is 9.38. The first kappa shape index (κ1) is 7.64. The molecule has 12 heavy (non-hydrogen) atoms. The second kappa shape index (κ2) is 3.16. The summed E-state index contributed by atoms with van der Waals surface area (Å²) in [5, 5.41) is 3.17. The Labute approximate surface area is 74.3 Å². The summed E-state index contributed by atoms with van der Waals surface area (Å²) >= 11 is 1.64. The van der Waals surface area contributed by atoms with Gasteiger partial charge < -0.3 is 5.73 Å². The van der Waals surface area contributed by atoms with Gasteiger partial charge in [-0.05, 0) is 18.0 Å². The molecule has 0 spiro atoms. The molecule has 2 N–H and O–H groups in total. The first-order chi connectivity index (χ1) is 5.92. The van der Waals surface area contributed by atoms with Crippen LogP contribution in [-0.4, -0.2) is 16.5 Å². The number of hydrogen-bond acceptors (Lipinski definition) is 4. The largest absolute Gasteiger partial charge is 0.330 e. The van der Waals surface area contributed by atoms with Crippen LogP contribution >= 0.6 is 11.3 Å². The number of thiophene rings is 1. The molecule has 0 aliphatic heterocycles. The molecule has 0 fully saturated rings. The van der Waals surface area contributed by atoms with Crippen molar-refractivity contribution in [3.05, 3.63) is 23.5 Å². The maximum absolute atomic E-state index is 5.46. The van der Waals surface area contributed by atoms with Crippen LogP contribution in [-0.2, 0) is 6.42 Å². The summed E-state index contributed by atoms with van der Waals surface area (Å²) in [5.41, 5.74) is 6.52. The van der Waals surface area contributed by atoms with Gasteiger partial charge in [-0.3, -0.25) is 0 Å². The summed E-state index contributed by atoms with van der Waals surface area (Å²) in [7, 11) is 0. The Hall–Kier alpha value is -1.00. The second-order valence-electron chi connectivity index (χ2n) is 2.50. The molecule has 2 aromatic heterocycles. The first-order valence-electron chi connectivity index (χ1n) is 3.79. The zero-order valence-electron chi connectivity index (χ0n) is 6.53. The van der Waals surface area contributed by atoms with Crippen LogP contribution in [0.2, 0.25) is 0 Å². The number of fused-ring (bicyclic) bond motifs is 1. The Morgan fingerprint density at radius 1 is 1.42 bits per heavy atom. The van der Waals surface area contributed by atoms with E-state index >= 15 is 0 Å². The molecular weight excluding hydrogens is 170 g/mol. The highest BCUT2D eigenvalue weighted by Crippen LogP contribution is 2.19. The van der Waals surface area contributed by atoms with E-state index in [2.05, 4.69) is 9.97 Å². The van der Waals surface area contributed by atoms with Crippen molar-refractivity contribution in [3.8, 4) is 0 Å². The van der Waals surface area contributed by atoms with Crippen LogP contribution in [0, 0.1) is 0 Å². The number of nitrogens with two attached hydrogens (primary N) is 1. The lowest BCUT2D eigenvalue weighted by Gasteiger charge is -1.97. The molecule has 0 radical (unpaired) electrons. The number of nitrogens with zero attached hydrogens (tertiary/aromatic N) is 2. The van der Waals surface area contributed by atoms with Crippen LogP contribution in [0.1, 0.15) is 5.69 Å². The number of aromatic nitrogens is 2. The second-order valence-corrected chi connectivity index (χ2v) is 3.39. The van der Waals surface area contributed by atoms with Gasteiger partial charge >= 0.3 is 0 Å². The predicted molar refractivity (Wildman–Crippen MR) is 50.2 cm³/mol. The Kier molecular flexibility index (Phi) is 2.01. The third kappa shape index (κ3) is 1.19. The molecule has 0 saturated carbocycles. The van der Waals surface area contributed by atoms with Crippen molar-refractivity contribution in [2.24, 2.45) is 5.73 Å². The summed E-state index contributed by atoms with van der Waals surface area (Å²) in [5.74, 6) is 0. The van der Waals surface area contributed by atoms with Crippen molar-refractivity contribution in [1.82, 2.24) is 9.97 Å². The van der Waals surface area contributed by atoms with Gasteiger partial charge in [0.15, 0.2) is 0 Å². The monoisotopic (exact) mass is 179 g/mol. The molecule has 2 rings (SSSR count). The highest BCUT2D eigenvalue weighted by atomic mass is 32.1. The van der Waals surface area contributed by atoms with Crippen molar-refractivity contribution in [2.75, 3.05) is 6.54 Å². The van der Waals surface area contributed by atoms with Gasteiger partial charge in [-0.25, -0.2) is 9.97 Å². The minimum Gasteiger partial charge on any atom is -0.330 e. The number of hydrogen-bond donors (Lipinski definition) is 1. The maximum Gasteiger partial charge on any atom is 0.126 e. The van der Waals surface area contributed by atoms with E-state index in [9.17, 15) is 0 Å². The molecule has 3 nitrogen and oxygen atoms in total. The fourth-order valence-corrected chi connectivity index (χ4v) is 1.93. The summed E-state index contributed by atoms with van der Waals surface area (Å²) < 4.78 is 0. The average Bonchev–Trinajstić information content (AvgIpc) is 2.53. The van der Waals surface area contributed by atoms with E-state index in [1.165, 1.54) is 0 Å². The molecule has 2 aromatic rings. The highest BCUT2D eigenvalue weighted by molar-refractivity contribution is 7.16. The van der Waals surface area contributed by atoms with E-state index in [1.807, 2.05) is 11.4 Å². The van der Waals surface area contributed by atoms with Crippen molar-refractivity contribution in [2.45, 2.75) is 6.42 Å². The molecule has 62 valence electrons. The van der Waals surface area contributed by atoms with Crippen molar-refractivity contribution in [1.29, 1.82) is 0 Å².